The standard InChI is InChI=1S/C41H54N2/c1-3-5-7-9-14-40(36-24-28-38(42)29-25-36)34-20-16-32(17-21-34)12-11-13-33-18-22-35(23-19-33)41(15-10-8-6-4-2)37-26-30-39(43)31-27-37/h16-31,40-41H,3-15,42-43H2,1-2H3. The maximum absolute atomic E-state index is 5.99. The summed E-state index contributed by atoms with van der Waals surface area (Å²) in [6.07, 6.45) is 16.1. The van der Waals surface area contributed by atoms with E-state index in [0.717, 1.165) is 30.6 Å². The average molecular weight is 575 g/mol. The number of hydrogen-bond donors (Lipinski definition) is 2. The van der Waals surface area contributed by atoms with Crippen LogP contribution < -0.4 is 11.5 Å². The molecule has 0 bridgehead atoms. The maximum atomic E-state index is 5.99. The molecule has 0 aromatic heterocycles. The molecule has 4 aromatic rings. The molecule has 0 heterocycles. The highest BCUT2D eigenvalue weighted by atomic mass is 14.5. The van der Waals surface area contributed by atoms with E-state index in [-0.39, 0.29) is 0 Å². The Labute approximate surface area is 261 Å². The van der Waals surface area contributed by atoms with Crippen LogP contribution in [0.4, 0.5) is 11.4 Å². The quantitative estimate of drug-likeness (QED) is 0.0917. The van der Waals surface area contributed by atoms with Crippen molar-refractivity contribution < 1.29 is 0 Å². The van der Waals surface area contributed by atoms with E-state index in [1.165, 1.54) is 97.6 Å². The van der Waals surface area contributed by atoms with E-state index in [1.807, 2.05) is 24.3 Å². The lowest BCUT2D eigenvalue weighted by Gasteiger charge is -2.19. The van der Waals surface area contributed by atoms with Gasteiger partial charge in [-0.2, -0.15) is 0 Å². The number of nitrogens with two attached hydrogens (primary N) is 2. The van der Waals surface area contributed by atoms with Crippen molar-refractivity contribution in [1.82, 2.24) is 0 Å². The fourth-order valence-electron chi connectivity index (χ4n) is 6.39. The molecular formula is C41H54N2. The smallest absolute Gasteiger partial charge is 0.0314 e. The number of hydrogen-bond acceptors (Lipinski definition) is 2. The normalized spacial score (nSPS) is 12.7. The van der Waals surface area contributed by atoms with Gasteiger partial charge in [0.05, 0.1) is 0 Å². The van der Waals surface area contributed by atoms with Crippen LogP contribution in [0.3, 0.4) is 0 Å². The number of unbranched alkanes of at least 4 members (excludes halogenated alkanes) is 6. The first-order valence-corrected chi connectivity index (χ1v) is 17.0. The predicted octanol–water partition coefficient (Wildman–Crippen LogP) is 11.2. The molecule has 4 N–H and O–H groups in total. The Kier molecular flexibility index (Phi) is 13.2. The van der Waals surface area contributed by atoms with Gasteiger partial charge < -0.3 is 11.5 Å². The van der Waals surface area contributed by atoms with E-state index < -0.39 is 0 Å². The van der Waals surface area contributed by atoms with Crippen LogP contribution in [0.1, 0.15) is 130 Å². The highest BCUT2D eigenvalue weighted by Gasteiger charge is 2.15. The fourth-order valence-corrected chi connectivity index (χ4v) is 6.39. The zero-order valence-electron chi connectivity index (χ0n) is 26.7. The number of rotatable bonds is 18. The Bertz CT molecular complexity index is 1200. The Morgan fingerprint density at radius 1 is 0.395 bits per heavy atom. The zero-order chi connectivity index (χ0) is 30.3. The van der Waals surface area contributed by atoms with Crippen molar-refractivity contribution in [3.05, 3.63) is 130 Å². The highest BCUT2D eigenvalue weighted by Crippen LogP contribution is 2.32. The minimum atomic E-state index is 0.439. The molecule has 2 heteroatoms. The Morgan fingerprint density at radius 3 is 1.05 bits per heavy atom. The molecule has 0 saturated carbocycles. The third kappa shape index (κ3) is 10.3. The van der Waals surface area contributed by atoms with E-state index in [1.54, 1.807) is 0 Å². The Morgan fingerprint density at radius 2 is 0.721 bits per heavy atom. The molecule has 4 aromatic carbocycles. The summed E-state index contributed by atoms with van der Waals surface area (Å²) in [7, 11) is 0. The lowest BCUT2D eigenvalue weighted by atomic mass is 9.85. The summed E-state index contributed by atoms with van der Waals surface area (Å²) in [5.41, 5.74) is 22.1. The van der Waals surface area contributed by atoms with E-state index in [0.29, 0.717) is 11.8 Å². The summed E-state index contributed by atoms with van der Waals surface area (Å²) in [5, 5.41) is 0. The minimum Gasteiger partial charge on any atom is -0.399 e. The molecule has 4 rings (SSSR count). The van der Waals surface area contributed by atoms with Crippen LogP contribution >= 0.6 is 0 Å². The summed E-state index contributed by atoms with van der Waals surface area (Å²) < 4.78 is 0. The van der Waals surface area contributed by atoms with Gasteiger partial charge in [0.2, 0.25) is 0 Å². The molecule has 0 aliphatic heterocycles. The van der Waals surface area contributed by atoms with Gasteiger partial charge in [-0.25, -0.2) is 0 Å². The molecule has 2 atom stereocenters. The largest absolute Gasteiger partial charge is 0.399 e. The molecular weight excluding hydrogens is 520 g/mol. The first-order chi connectivity index (χ1) is 21.1. The van der Waals surface area contributed by atoms with Gasteiger partial charge in [0.25, 0.3) is 0 Å². The van der Waals surface area contributed by atoms with Gasteiger partial charge in [-0.05, 0) is 89.8 Å². The molecule has 0 radical (unpaired) electrons. The SMILES string of the molecule is CCCCCCC(c1ccc(N)cc1)c1ccc(CCCc2ccc(C(CCCCCC)c3ccc(N)cc3)cc2)cc1. The van der Waals surface area contributed by atoms with Crippen LogP contribution in [0, 0.1) is 0 Å². The van der Waals surface area contributed by atoms with E-state index in [2.05, 4.69) is 86.6 Å². The van der Waals surface area contributed by atoms with Gasteiger partial charge >= 0.3 is 0 Å². The van der Waals surface area contributed by atoms with Crippen LogP contribution in [0.5, 0.6) is 0 Å². The van der Waals surface area contributed by atoms with Crippen molar-refractivity contribution in [2.75, 3.05) is 11.5 Å². The van der Waals surface area contributed by atoms with Gasteiger partial charge in [0, 0.05) is 23.2 Å². The van der Waals surface area contributed by atoms with Gasteiger partial charge in [-0.1, -0.05) is 138 Å². The summed E-state index contributed by atoms with van der Waals surface area (Å²) in [6.45, 7) is 4.56. The summed E-state index contributed by atoms with van der Waals surface area (Å²) in [4.78, 5) is 0. The van der Waals surface area contributed by atoms with Crippen molar-refractivity contribution in [1.29, 1.82) is 0 Å². The molecule has 0 amide bonds. The van der Waals surface area contributed by atoms with Gasteiger partial charge in [-0.15, -0.1) is 0 Å². The van der Waals surface area contributed by atoms with Gasteiger partial charge in [0.15, 0.2) is 0 Å². The van der Waals surface area contributed by atoms with Gasteiger partial charge in [0.1, 0.15) is 0 Å². The van der Waals surface area contributed by atoms with Crippen molar-refractivity contribution in [2.45, 2.75) is 109 Å². The second-order valence-corrected chi connectivity index (χ2v) is 12.5. The first-order valence-electron chi connectivity index (χ1n) is 17.0. The van der Waals surface area contributed by atoms with E-state index >= 15 is 0 Å². The Hall–Kier alpha value is -3.52. The second-order valence-electron chi connectivity index (χ2n) is 12.5. The molecule has 0 aliphatic rings. The van der Waals surface area contributed by atoms with Crippen molar-refractivity contribution in [3.8, 4) is 0 Å². The van der Waals surface area contributed by atoms with Crippen LogP contribution in [0.2, 0.25) is 0 Å². The third-order valence-corrected chi connectivity index (χ3v) is 9.07. The molecule has 43 heavy (non-hydrogen) atoms. The maximum Gasteiger partial charge on any atom is 0.0314 e. The average Bonchev–Trinajstić information content (AvgIpc) is 3.03. The van der Waals surface area contributed by atoms with Crippen LogP contribution in [-0.4, -0.2) is 0 Å². The molecule has 2 nitrogen and oxygen atoms in total. The Balaban J connectivity index is 1.34. The minimum absolute atomic E-state index is 0.439. The van der Waals surface area contributed by atoms with Crippen molar-refractivity contribution in [3.63, 3.8) is 0 Å². The summed E-state index contributed by atoms with van der Waals surface area (Å²) in [6, 6.07) is 35.9. The monoisotopic (exact) mass is 574 g/mol. The van der Waals surface area contributed by atoms with E-state index in [9.17, 15) is 0 Å². The summed E-state index contributed by atoms with van der Waals surface area (Å²) >= 11 is 0. The zero-order valence-corrected chi connectivity index (χ0v) is 26.7. The molecule has 0 spiro atoms. The van der Waals surface area contributed by atoms with Crippen LogP contribution in [0.15, 0.2) is 97.1 Å². The molecule has 228 valence electrons. The molecule has 0 fully saturated rings. The molecule has 2 unspecified atom stereocenters. The van der Waals surface area contributed by atoms with Gasteiger partial charge in [-0.3, -0.25) is 0 Å². The number of nitrogen functional groups attached to an aromatic ring is 2. The summed E-state index contributed by atoms with van der Waals surface area (Å²) in [5.74, 6) is 0.877. The third-order valence-electron chi connectivity index (χ3n) is 9.07. The van der Waals surface area contributed by atoms with Crippen LogP contribution in [0.25, 0.3) is 0 Å². The van der Waals surface area contributed by atoms with Crippen molar-refractivity contribution in [2.24, 2.45) is 0 Å². The fraction of sp³-hybridized carbons (Fsp3) is 0.415. The number of anilines is 2. The van der Waals surface area contributed by atoms with Crippen LogP contribution in [-0.2, 0) is 12.8 Å². The lowest BCUT2D eigenvalue weighted by Crippen LogP contribution is -2.03. The topological polar surface area (TPSA) is 52.0 Å². The first kappa shape index (κ1) is 32.4. The highest BCUT2D eigenvalue weighted by molar-refractivity contribution is 5.44. The second kappa shape index (κ2) is 17.6. The predicted molar refractivity (Wildman–Crippen MR) is 188 cm³/mol. The number of benzene rings is 4. The van der Waals surface area contributed by atoms with Crippen molar-refractivity contribution >= 4 is 11.4 Å². The van der Waals surface area contributed by atoms with E-state index in [4.69, 9.17) is 11.5 Å². The molecule has 0 aliphatic carbocycles. The number of aryl methyl sites for hydroxylation is 2. The lowest BCUT2D eigenvalue weighted by molar-refractivity contribution is 0.596. The molecule has 0 saturated heterocycles.